The number of carbonyl (C=O) groups is 3. The van der Waals surface area contributed by atoms with Crippen LogP contribution in [-0.4, -0.2) is 37.2 Å². The number of carbonyl (C=O) groups excluding carboxylic acids is 3. The van der Waals surface area contributed by atoms with Crippen molar-refractivity contribution in [2.24, 2.45) is 0 Å². The minimum absolute atomic E-state index is 0.128. The predicted octanol–water partition coefficient (Wildman–Crippen LogP) is 16.9. The molecule has 362 valence electrons. The Morgan fingerprint density at radius 1 is 0.308 bits per heavy atom. The molecular formula is C59H90O6. The highest BCUT2D eigenvalue weighted by molar-refractivity contribution is 5.71. The number of allylic oxidation sites excluding steroid dienone is 24. The highest BCUT2D eigenvalue weighted by Gasteiger charge is 2.19. The zero-order chi connectivity index (χ0) is 47.2. The maximum absolute atomic E-state index is 12.8. The summed E-state index contributed by atoms with van der Waals surface area (Å²) in [5, 5.41) is 0. The highest BCUT2D eigenvalue weighted by atomic mass is 16.6. The van der Waals surface area contributed by atoms with E-state index in [4.69, 9.17) is 14.2 Å². The summed E-state index contributed by atoms with van der Waals surface area (Å²) in [5.41, 5.74) is 0. The van der Waals surface area contributed by atoms with Gasteiger partial charge in [0.2, 0.25) is 0 Å². The van der Waals surface area contributed by atoms with Crippen molar-refractivity contribution in [3.63, 3.8) is 0 Å². The summed E-state index contributed by atoms with van der Waals surface area (Å²) in [5.74, 6) is -1.06. The third kappa shape index (κ3) is 50.2. The third-order valence-corrected chi connectivity index (χ3v) is 9.82. The molecule has 0 N–H and O–H groups in total. The second-order valence-electron chi connectivity index (χ2n) is 15.9. The molecule has 1 atom stereocenters. The van der Waals surface area contributed by atoms with Crippen molar-refractivity contribution in [3.05, 3.63) is 146 Å². The van der Waals surface area contributed by atoms with Crippen LogP contribution < -0.4 is 0 Å². The van der Waals surface area contributed by atoms with E-state index in [9.17, 15) is 14.4 Å². The topological polar surface area (TPSA) is 78.9 Å². The van der Waals surface area contributed by atoms with Gasteiger partial charge in [0, 0.05) is 19.3 Å². The van der Waals surface area contributed by atoms with E-state index in [0.29, 0.717) is 19.3 Å². The van der Waals surface area contributed by atoms with Crippen LogP contribution in [0.5, 0.6) is 0 Å². The minimum Gasteiger partial charge on any atom is -0.462 e. The molecule has 0 radical (unpaired) electrons. The zero-order valence-electron chi connectivity index (χ0n) is 41.2. The molecule has 0 spiro atoms. The molecule has 0 rings (SSSR count). The van der Waals surface area contributed by atoms with Crippen LogP contribution in [0.25, 0.3) is 0 Å². The fourth-order valence-electron chi connectivity index (χ4n) is 6.13. The molecule has 0 fully saturated rings. The van der Waals surface area contributed by atoms with Crippen molar-refractivity contribution in [2.75, 3.05) is 13.2 Å². The van der Waals surface area contributed by atoms with Gasteiger partial charge in [0.15, 0.2) is 6.10 Å². The molecule has 0 amide bonds. The van der Waals surface area contributed by atoms with E-state index >= 15 is 0 Å². The molecule has 0 saturated heterocycles. The van der Waals surface area contributed by atoms with Gasteiger partial charge < -0.3 is 14.2 Å². The van der Waals surface area contributed by atoms with Crippen LogP contribution in [0, 0.1) is 0 Å². The van der Waals surface area contributed by atoms with Crippen LogP contribution in [0.2, 0.25) is 0 Å². The van der Waals surface area contributed by atoms with Gasteiger partial charge in [-0.05, 0) is 128 Å². The number of ether oxygens (including phenoxy) is 3. The maximum atomic E-state index is 12.8. The molecule has 0 aliphatic rings. The predicted molar refractivity (Wildman–Crippen MR) is 279 cm³/mol. The Bertz CT molecular complexity index is 1490. The molecule has 0 aromatic carbocycles. The van der Waals surface area contributed by atoms with Crippen LogP contribution in [0.3, 0.4) is 0 Å². The average molecular weight is 895 g/mol. The summed E-state index contributed by atoms with van der Waals surface area (Å²) in [6, 6.07) is 0. The standard InChI is InChI=1S/C59H90O6/c1-4-7-10-13-16-19-22-25-28-29-32-34-37-40-43-46-49-52-58(61)64-55-56(65-59(62)53-50-47-44-41-38-35-31-27-24-21-18-15-12-9-6-3)54-63-57(60)51-48-45-42-39-36-33-30-26-23-20-17-14-11-8-5-2/h7-12,16-21,25-28,30-32,34,38,40-41,43,56H,4-6,13-15,22-24,29,33,35-37,39,42,44-55H2,1-3H3/b10-7-,11-8-,12-9-,19-16-,20-17-,21-18-,28-25-,30-26-,31-27-,34-32-,41-38-,43-40-. The lowest BCUT2D eigenvalue weighted by atomic mass is 10.1. The van der Waals surface area contributed by atoms with Crippen LogP contribution in [0.15, 0.2) is 146 Å². The molecule has 6 nitrogen and oxygen atoms in total. The van der Waals surface area contributed by atoms with Crippen molar-refractivity contribution in [1.82, 2.24) is 0 Å². The lowest BCUT2D eigenvalue weighted by Gasteiger charge is -2.18. The summed E-state index contributed by atoms with van der Waals surface area (Å²) in [4.78, 5) is 38.0. The third-order valence-electron chi connectivity index (χ3n) is 9.82. The van der Waals surface area contributed by atoms with Crippen LogP contribution in [0.4, 0.5) is 0 Å². The summed E-state index contributed by atoms with van der Waals surface area (Å²) >= 11 is 0. The SMILES string of the molecule is CC/C=C\C/C=C\C/C=C\C/C=C\C/C=C\CCCC(=O)OCC(COC(=O)CCCCCCC/C=C\C/C=C\C/C=C\CC)OC(=O)CCCC/C=C\C/C=C\C/C=C\C/C=C\CC. The molecule has 0 bridgehead atoms. The highest BCUT2D eigenvalue weighted by Crippen LogP contribution is 2.11. The van der Waals surface area contributed by atoms with Crippen LogP contribution >= 0.6 is 0 Å². The number of rotatable bonds is 43. The van der Waals surface area contributed by atoms with E-state index in [2.05, 4.69) is 167 Å². The van der Waals surface area contributed by atoms with Gasteiger partial charge in [-0.2, -0.15) is 0 Å². The first-order valence-electron chi connectivity index (χ1n) is 25.3. The van der Waals surface area contributed by atoms with Gasteiger partial charge in [0.25, 0.3) is 0 Å². The van der Waals surface area contributed by atoms with E-state index < -0.39 is 6.10 Å². The lowest BCUT2D eigenvalue weighted by Crippen LogP contribution is -2.30. The smallest absolute Gasteiger partial charge is 0.306 e. The first-order valence-corrected chi connectivity index (χ1v) is 25.3. The summed E-state index contributed by atoms with van der Waals surface area (Å²) in [6.45, 7) is 6.17. The summed E-state index contributed by atoms with van der Waals surface area (Å²) < 4.78 is 16.7. The Hall–Kier alpha value is -4.71. The molecule has 0 saturated carbocycles. The zero-order valence-corrected chi connectivity index (χ0v) is 41.2. The Kier molecular flexibility index (Phi) is 48.2. The Labute approximate surface area is 397 Å². The molecule has 0 aliphatic carbocycles. The first-order chi connectivity index (χ1) is 32.0. The van der Waals surface area contributed by atoms with Crippen molar-refractivity contribution >= 4 is 17.9 Å². The van der Waals surface area contributed by atoms with Crippen molar-refractivity contribution < 1.29 is 28.6 Å². The largest absolute Gasteiger partial charge is 0.462 e. The van der Waals surface area contributed by atoms with Crippen molar-refractivity contribution in [3.8, 4) is 0 Å². The van der Waals surface area contributed by atoms with Crippen LogP contribution in [-0.2, 0) is 28.6 Å². The molecule has 0 heterocycles. The Balaban J connectivity index is 4.61. The molecule has 0 aliphatic heterocycles. The van der Waals surface area contributed by atoms with E-state index in [0.717, 1.165) is 135 Å². The fraction of sp³-hybridized carbons (Fsp3) is 0.542. The quantitative estimate of drug-likeness (QED) is 0.0263. The van der Waals surface area contributed by atoms with Gasteiger partial charge in [-0.1, -0.05) is 186 Å². The van der Waals surface area contributed by atoms with Gasteiger partial charge in [0.05, 0.1) is 0 Å². The number of hydrogen-bond acceptors (Lipinski definition) is 6. The molecule has 0 aromatic rings. The maximum Gasteiger partial charge on any atom is 0.306 e. The molecule has 65 heavy (non-hydrogen) atoms. The normalized spacial score (nSPS) is 13.3. The molecule has 1 unspecified atom stereocenters. The fourth-order valence-corrected chi connectivity index (χ4v) is 6.13. The summed E-state index contributed by atoms with van der Waals surface area (Å²) in [6.07, 6.45) is 74.1. The van der Waals surface area contributed by atoms with Crippen LogP contribution in [0.1, 0.15) is 188 Å². The van der Waals surface area contributed by atoms with Crippen molar-refractivity contribution in [1.29, 1.82) is 0 Å². The minimum atomic E-state index is -0.836. The van der Waals surface area contributed by atoms with Gasteiger partial charge in [-0.25, -0.2) is 0 Å². The number of esters is 3. The van der Waals surface area contributed by atoms with E-state index in [1.54, 1.807) is 0 Å². The van der Waals surface area contributed by atoms with Crippen molar-refractivity contribution in [2.45, 2.75) is 194 Å². The van der Waals surface area contributed by atoms with Gasteiger partial charge in [-0.15, -0.1) is 0 Å². The summed E-state index contributed by atoms with van der Waals surface area (Å²) in [7, 11) is 0. The second kappa shape index (κ2) is 51.9. The Morgan fingerprint density at radius 2 is 0.569 bits per heavy atom. The van der Waals surface area contributed by atoms with E-state index in [1.807, 2.05) is 0 Å². The molecule has 0 aromatic heterocycles. The van der Waals surface area contributed by atoms with Gasteiger partial charge in [0.1, 0.15) is 13.2 Å². The monoisotopic (exact) mass is 895 g/mol. The first kappa shape index (κ1) is 60.3. The van der Waals surface area contributed by atoms with Gasteiger partial charge >= 0.3 is 17.9 Å². The number of hydrogen-bond donors (Lipinski definition) is 0. The van der Waals surface area contributed by atoms with Gasteiger partial charge in [-0.3, -0.25) is 14.4 Å². The van der Waals surface area contributed by atoms with E-state index in [1.165, 1.54) is 0 Å². The number of unbranched alkanes of at least 4 members (excludes halogenated alkanes) is 8. The lowest BCUT2D eigenvalue weighted by molar-refractivity contribution is -0.167. The van der Waals surface area contributed by atoms with E-state index in [-0.39, 0.29) is 44.0 Å². The molecule has 6 heteroatoms. The average Bonchev–Trinajstić information content (AvgIpc) is 3.30. The second-order valence-corrected chi connectivity index (χ2v) is 15.9. The molecular weight excluding hydrogens is 805 g/mol. The Morgan fingerprint density at radius 3 is 0.954 bits per heavy atom.